The zero-order valence-electron chi connectivity index (χ0n) is 19.5. The number of nitrogens with zero attached hydrogens (tertiary/aromatic N) is 5. The number of aliphatic hydroxyl groups excluding tert-OH is 1. The quantitative estimate of drug-likeness (QED) is 0.412. The van der Waals surface area contributed by atoms with E-state index in [1.807, 2.05) is 25.7 Å². The molecule has 2 aromatic rings. The molecule has 1 amide bonds. The number of hydrogen-bond acceptors (Lipinski definition) is 12. The van der Waals surface area contributed by atoms with Crippen LogP contribution in [0.25, 0.3) is 0 Å². The van der Waals surface area contributed by atoms with E-state index >= 15 is 0 Å². The van der Waals surface area contributed by atoms with Crippen molar-refractivity contribution in [3.8, 4) is 5.88 Å². The first kappa shape index (κ1) is 26.2. The van der Waals surface area contributed by atoms with Gasteiger partial charge in [-0.05, 0) is 38.5 Å². The van der Waals surface area contributed by atoms with Crippen molar-refractivity contribution in [2.24, 2.45) is 0 Å². The summed E-state index contributed by atoms with van der Waals surface area (Å²) in [5, 5.41) is 27.8. The van der Waals surface area contributed by atoms with Crippen molar-refractivity contribution in [3.05, 3.63) is 35.4 Å². The fourth-order valence-corrected chi connectivity index (χ4v) is 3.94. The Labute approximate surface area is 202 Å². The third-order valence-electron chi connectivity index (χ3n) is 5.13. The average Bonchev–Trinajstić information content (AvgIpc) is 3.28. The number of carbonyl (C=O) groups is 1. The zero-order chi connectivity index (χ0) is 24.7. The van der Waals surface area contributed by atoms with E-state index in [1.54, 1.807) is 29.2 Å². The number of hydrogen-bond donors (Lipinski definition) is 3. The third kappa shape index (κ3) is 7.30. The van der Waals surface area contributed by atoms with Crippen molar-refractivity contribution in [1.29, 1.82) is 0 Å². The van der Waals surface area contributed by atoms with E-state index in [-0.39, 0.29) is 31.1 Å². The number of morpholine rings is 1. The third-order valence-corrected chi connectivity index (χ3v) is 5.64. The summed E-state index contributed by atoms with van der Waals surface area (Å²) in [6, 6.07) is 6.62. The number of carbonyl (C=O) groups excluding carboxylic acids is 1. The highest BCUT2D eigenvalue weighted by molar-refractivity contribution is 6.99. The van der Waals surface area contributed by atoms with E-state index in [0.29, 0.717) is 49.1 Å². The summed E-state index contributed by atoms with van der Waals surface area (Å²) in [4.78, 5) is 21.5. The van der Waals surface area contributed by atoms with Crippen molar-refractivity contribution < 1.29 is 34.6 Å². The Balaban J connectivity index is 1.64. The minimum atomic E-state index is -0.966. The van der Waals surface area contributed by atoms with Crippen LogP contribution < -0.4 is 9.64 Å². The zero-order valence-corrected chi connectivity index (χ0v) is 20.3. The standard InChI is InChI=1S/C21H31N5O7S/c1-21(2,3)25(20(28)16-6-4-5-15(11-16)13-33-26(29)30)12-17(27)14-32-19-18(22-34-23-19)24-7-9-31-10-8-24/h4-6,11,17,27,29-30H,7-10,12-14H2,1-3H3. The van der Waals surface area contributed by atoms with Crippen molar-refractivity contribution >= 4 is 23.5 Å². The van der Waals surface area contributed by atoms with Crippen LogP contribution in [0.2, 0.25) is 0 Å². The first-order valence-electron chi connectivity index (χ1n) is 10.8. The molecule has 3 N–H and O–H groups in total. The number of benzene rings is 1. The highest BCUT2D eigenvalue weighted by Crippen LogP contribution is 2.26. The SMILES string of the molecule is CC(C)(C)N(CC(O)COc1nsnc1N1CCOCC1)C(=O)c1cccc(CON(O)O)c1. The minimum Gasteiger partial charge on any atom is -0.472 e. The van der Waals surface area contributed by atoms with Crippen LogP contribution in [0.5, 0.6) is 5.88 Å². The monoisotopic (exact) mass is 497 g/mol. The van der Waals surface area contributed by atoms with Gasteiger partial charge < -0.3 is 24.4 Å². The molecule has 3 rings (SSSR count). The van der Waals surface area contributed by atoms with Gasteiger partial charge in [-0.2, -0.15) is 4.37 Å². The molecule has 1 aliphatic heterocycles. The van der Waals surface area contributed by atoms with E-state index in [0.717, 1.165) is 11.7 Å². The van der Waals surface area contributed by atoms with Gasteiger partial charge in [0, 0.05) is 24.2 Å². The Morgan fingerprint density at radius 2 is 2.00 bits per heavy atom. The number of rotatable bonds is 10. The molecule has 1 aromatic carbocycles. The molecule has 0 saturated carbocycles. The van der Waals surface area contributed by atoms with Gasteiger partial charge in [0.05, 0.1) is 43.5 Å². The summed E-state index contributed by atoms with van der Waals surface area (Å²) in [6.07, 6.45) is -0.966. The van der Waals surface area contributed by atoms with Crippen LogP contribution >= 0.6 is 11.7 Å². The summed E-state index contributed by atoms with van der Waals surface area (Å²) >= 11 is 1.04. The molecule has 2 heterocycles. The summed E-state index contributed by atoms with van der Waals surface area (Å²) < 4.78 is 19.6. The van der Waals surface area contributed by atoms with Crippen LogP contribution in [0, 0.1) is 0 Å². The molecule has 0 aliphatic carbocycles. The Kier molecular flexibility index (Phi) is 9.13. The lowest BCUT2D eigenvalue weighted by atomic mass is 10.0. The topological polar surface area (TPSA) is 141 Å². The van der Waals surface area contributed by atoms with Gasteiger partial charge in [-0.15, -0.1) is 4.37 Å². The van der Waals surface area contributed by atoms with E-state index < -0.39 is 11.6 Å². The number of anilines is 1. The van der Waals surface area contributed by atoms with Crippen molar-refractivity contribution in [2.75, 3.05) is 44.4 Å². The second kappa shape index (κ2) is 11.8. The molecule has 1 aromatic heterocycles. The maximum Gasteiger partial charge on any atom is 0.270 e. The summed E-state index contributed by atoms with van der Waals surface area (Å²) in [5.41, 5.74) is 0.367. The van der Waals surface area contributed by atoms with E-state index in [4.69, 9.17) is 19.9 Å². The van der Waals surface area contributed by atoms with Gasteiger partial charge in [0.25, 0.3) is 11.8 Å². The first-order chi connectivity index (χ1) is 16.1. The fourth-order valence-electron chi connectivity index (χ4n) is 3.42. The molecule has 0 radical (unpaired) electrons. The summed E-state index contributed by atoms with van der Waals surface area (Å²) in [7, 11) is 0. The second-order valence-electron chi connectivity index (χ2n) is 8.77. The predicted molar refractivity (Wildman–Crippen MR) is 122 cm³/mol. The molecule has 12 nitrogen and oxygen atoms in total. The van der Waals surface area contributed by atoms with Crippen molar-refractivity contribution in [1.82, 2.24) is 19.0 Å². The van der Waals surface area contributed by atoms with Gasteiger partial charge in [0.1, 0.15) is 12.7 Å². The van der Waals surface area contributed by atoms with Gasteiger partial charge in [0.2, 0.25) is 5.82 Å². The smallest absolute Gasteiger partial charge is 0.270 e. The number of aromatic nitrogens is 2. The Bertz CT molecular complexity index is 930. The Morgan fingerprint density at radius 3 is 2.68 bits per heavy atom. The molecule has 188 valence electrons. The molecular formula is C21H31N5O7S. The van der Waals surface area contributed by atoms with E-state index in [1.165, 1.54) is 0 Å². The van der Waals surface area contributed by atoms with Crippen LogP contribution in [0.3, 0.4) is 0 Å². The largest absolute Gasteiger partial charge is 0.472 e. The number of ether oxygens (including phenoxy) is 2. The lowest BCUT2D eigenvalue weighted by Gasteiger charge is -2.37. The van der Waals surface area contributed by atoms with Gasteiger partial charge in [-0.1, -0.05) is 12.1 Å². The molecule has 1 saturated heterocycles. The minimum absolute atomic E-state index is 0.0363. The highest BCUT2D eigenvalue weighted by atomic mass is 32.1. The normalized spacial score (nSPS) is 15.4. The number of aliphatic hydroxyl groups is 1. The maximum absolute atomic E-state index is 13.3. The van der Waals surface area contributed by atoms with Crippen LogP contribution in [-0.2, 0) is 16.2 Å². The molecule has 1 fully saturated rings. The molecule has 1 atom stereocenters. The maximum atomic E-state index is 13.3. The van der Waals surface area contributed by atoms with Crippen LogP contribution in [0.15, 0.2) is 24.3 Å². The van der Waals surface area contributed by atoms with E-state index in [2.05, 4.69) is 13.6 Å². The lowest BCUT2D eigenvalue weighted by molar-refractivity contribution is -0.497. The van der Waals surface area contributed by atoms with Gasteiger partial charge in [-0.3, -0.25) is 15.2 Å². The Hall–Kier alpha value is -2.39. The number of amides is 1. The van der Waals surface area contributed by atoms with Crippen LogP contribution in [-0.4, -0.2) is 91.6 Å². The molecule has 13 heteroatoms. The van der Waals surface area contributed by atoms with Crippen molar-refractivity contribution in [2.45, 2.75) is 39.0 Å². The second-order valence-corrected chi connectivity index (χ2v) is 9.30. The molecular weight excluding hydrogens is 466 g/mol. The Morgan fingerprint density at radius 1 is 1.26 bits per heavy atom. The molecule has 0 spiro atoms. The number of β-amino-alcohol motifs (C(OH)–C–C–N with tert-alkyl or cyclic N) is 1. The van der Waals surface area contributed by atoms with E-state index in [9.17, 15) is 9.90 Å². The van der Waals surface area contributed by atoms with Crippen LogP contribution in [0.1, 0.15) is 36.7 Å². The highest BCUT2D eigenvalue weighted by Gasteiger charge is 2.30. The van der Waals surface area contributed by atoms with Gasteiger partial charge >= 0.3 is 0 Å². The predicted octanol–water partition coefficient (Wildman–Crippen LogP) is 1.57. The summed E-state index contributed by atoms with van der Waals surface area (Å²) in [5.74, 6) is 0.698. The van der Waals surface area contributed by atoms with Gasteiger partial charge in [0.15, 0.2) is 0 Å². The lowest BCUT2D eigenvalue weighted by Crippen LogP contribution is -2.50. The molecule has 1 aliphatic rings. The molecule has 1 unspecified atom stereocenters. The fraction of sp³-hybridized carbons (Fsp3) is 0.571. The summed E-state index contributed by atoms with van der Waals surface area (Å²) in [6.45, 7) is 8.07. The molecule has 0 bridgehead atoms. The van der Waals surface area contributed by atoms with Crippen molar-refractivity contribution in [3.63, 3.8) is 0 Å². The first-order valence-corrected chi connectivity index (χ1v) is 11.6. The van der Waals surface area contributed by atoms with Crippen LogP contribution in [0.4, 0.5) is 5.82 Å². The molecule has 34 heavy (non-hydrogen) atoms. The van der Waals surface area contributed by atoms with Gasteiger partial charge in [-0.25, -0.2) is 4.84 Å². The average molecular weight is 498 g/mol.